The lowest BCUT2D eigenvalue weighted by molar-refractivity contribution is 0.502. The minimum Gasteiger partial charge on any atom is -0.371 e. The minimum atomic E-state index is -3.50. The van der Waals surface area contributed by atoms with Crippen LogP contribution in [0.25, 0.3) is 0 Å². The molecule has 140 valence electrons. The van der Waals surface area contributed by atoms with E-state index >= 15 is 0 Å². The number of rotatable bonds is 6. The average Bonchev–Trinajstić information content (AvgIpc) is 2.50. The summed E-state index contributed by atoms with van der Waals surface area (Å²) in [4.78, 5) is 2.44. The van der Waals surface area contributed by atoms with Gasteiger partial charge in [0.25, 0.3) is 0 Å². The Bertz CT molecular complexity index is 597. The Labute approximate surface area is 155 Å². The first-order valence-corrected chi connectivity index (χ1v) is 11.6. The zero-order valence-electron chi connectivity index (χ0n) is 15.5. The number of hydrogen-bond donors (Lipinski definition) is 0. The fraction of sp³-hybridized carbons (Fsp3) is 0.824. The maximum Gasteiger partial charge on any atom is 0.178 e. The van der Waals surface area contributed by atoms with E-state index in [4.69, 9.17) is 12.2 Å². The van der Waals surface area contributed by atoms with E-state index in [-0.39, 0.29) is 16.6 Å². The van der Waals surface area contributed by atoms with Gasteiger partial charge >= 0.3 is 0 Å². The van der Waals surface area contributed by atoms with E-state index in [0.29, 0.717) is 4.99 Å². The van der Waals surface area contributed by atoms with E-state index < -0.39 is 30.6 Å². The van der Waals surface area contributed by atoms with Gasteiger partial charge < -0.3 is 4.90 Å². The molecule has 0 saturated heterocycles. The Hall–Kier alpha value is -0.270. The molecule has 1 aliphatic carbocycles. The summed E-state index contributed by atoms with van der Waals surface area (Å²) in [6.45, 7) is 8.77. The van der Waals surface area contributed by atoms with Gasteiger partial charge in [0, 0.05) is 41.5 Å². The lowest BCUT2D eigenvalue weighted by Gasteiger charge is -2.30. The fourth-order valence-electron chi connectivity index (χ4n) is 2.84. The number of allylic oxidation sites excluding steroid dienone is 1. The molecule has 0 aromatic rings. The maximum atomic E-state index is 13.1. The Kier molecular flexibility index (Phi) is 7.63. The summed E-state index contributed by atoms with van der Waals surface area (Å²) in [7, 11) is -1.06. The van der Waals surface area contributed by atoms with Crippen molar-refractivity contribution >= 4 is 37.8 Å². The normalized spacial score (nSPS) is 19.5. The summed E-state index contributed by atoms with van der Waals surface area (Å²) in [5, 5.41) is -0.366. The standard InChI is InChI=1S/C17H31NO3S3/c1-13(24(20,21)17(2,3)4)12-15(16(22)18(5)6)23(19)14-10-8-7-9-11-14/h14-15H,1,7-12H2,2-6H3/t15-,23?/m0/s1. The van der Waals surface area contributed by atoms with Crippen molar-refractivity contribution in [1.82, 2.24) is 4.90 Å². The summed E-state index contributed by atoms with van der Waals surface area (Å²) in [6.07, 6.45) is 5.34. The Morgan fingerprint density at radius 3 is 2.17 bits per heavy atom. The highest BCUT2D eigenvalue weighted by Gasteiger charge is 2.37. The van der Waals surface area contributed by atoms with E-state index in [0.717, 1.165) is 25.7 Å². The predicted molar refractivity (Wildman–Crippen MR) is 108 cm³/mol. The molecule has 0 heterocycles. The SMILES string of the molecule is C=C(C[C@@H](C(=S)N(C)C)S(=O)C1CCCCC1)S(=O)(=O)C(C)(C)C. The Morgan fingerprint density at radius 1 is 1.25 bits per heavy atom. The minimum absolute atomic E-state index is 0.104. The summed E-state index contributed by atoms with van der Waals surface area (Å²) in [6, 6.07) is 0. The van der Waals surface area contributed by atoms with Crippen molar-refractivity contribution < 1.29 is 12.6 Å². The lowest BCUT2D eigenvalue weighted by atomic mass is 10.0. The van der Waals surface area contributed by atoms with Gasteiger partial charge in [-0.05, 0) is 33.6 Å². The van der Waals surface area contributed by atoms with Crippen LogP contribution in [0.1, 0.15) is 59.3 Å². The van der Waals surface area contributed by atoms with Crippen molar-refractivity contribution in [2.24, 2.45) is 0 Å². The van der Waals surface area contributed by atoms with Gasteiger partial charge in [0.1, 0.15) is 0 Å². The highest BCUT2D eigenvalue weighted by Crippen LogP contribution is 2.30. The molecule has 24 heavy (non-hydrogen) atoms. The summed E-state index contributed by atoms with van der Waals surface area (Å²) in [5.74, 6) is 0. The average molecular weight is 394 g/mol. The molecule has 4 nitrogen and oxygen atoms in total. The van der Waals surface area contributed by atoms with Crippen LogP contribution in [0, 0.1) is 0 Å². The second kappa shape index (κ2) is 8.41. The quantitative estimate of drug-likeness (QED) is 0.647. The first-order chi connectivity index (χ1) is 10.9. The third kappa shape index (κ3) is 5.11. The molecule has 2 atom stereocenters. The smallest absolute Gasteiger partial charge is 0.178 e. The molecule has 0 aliphatic heterocycles. The van der Waals surface area contributed by atoms with Crippen molar-refractivity contribution in [1.29, 1.82) is 0 Å². The molecule has 0 spiro atoms. The van der Waals surface area contributed by atoms with Crippen LogP contribution in [0.5, 0.6) is 0 Å². The van der Waals surface area contributed by atoms with Gasteiger partial charge in [0.2, 0.25) is 0 Å². The van der Waals surface area contributed by atoms with E-state index in [2.05, 4.69) is 6.58 Å². The van der Waals surface area contributed by atoms with Crippen molar-refractivity contribution in [3.05, 3.63) is 11.5 Å². The first-order valence-electron chi connectivity index (χ1n) is 8.42. The monoisotopic (exact) mass is 393 g/mol. The Morgan fingerprint density at radius 2 is 1.75 bits per heavy atom. The van der Waals surface area contributed by atoms with E-state index in [9.17, 15) is 12.6 Å². The van der Waals surface area contributed by atoms with Crippen LogP contribution in [-0.2, 0) is 20.6 Å². The van der Waals surface area contributed by atoms with Crippen LogP contribution in [0.2, 0.25) is 0 Å². The molecular formula is C17H31NO3S3. The number of thiocarbonyl (C=S) groups is 1. The largest absolute Gasteiger partial charge is 0.371 e. The van der Waals surface area contributed by atoms with Gasteiger partial charge in [0.15, 0.2) is 9.84 Å². The van der Waals surface area contributed by atoms with Gasteiger partial charge in [-0.3, -0.25) is 4.21 Å². The van der Waals surface area contributed by atoms with Gasteiger partial charge in [-0.25, -0.2) is 8.42 Å². The van der Waals surface area contributed by atoms with Crippen molar-refractivity contribution in [3.8, 4) is 0 Å². The topological polar surface area (TPSA) is 54.5 Å². The van der Waals surface area contributed by atoms with Crippen molar-refractivity contribution in [3.63, 3.8) is 0 Å². The molecule has 1 aliphatic rings. The van der Waals surface area contributed by atoms with Crippen LogP contribution in [0.15, 0.2) is 11.5 Å². The number of sulfone groups is 1. The maximum absolute atomic E-state index is 13.1. The zero-order chi connectivity index (χ0) is 18.7. The predicted octanol–water partition coefficient (Wildman–Crippen LogP) is 3.44. The molecular weight excluding hydrogens is 362 g/mol. The summed E-state index contributed by atoms with van der Waals surface area (Å²) < 4.78 is 37.4. The van der Waals surface area contributed by atoms with E-state index in [1.807, 2.05) is 14.1 Å². The van der Waals surface area contributed by atoms with Crippen LogP contribution < -0.4 is 0 Å². The lowest BCUT2D eigenvalue weighted by Crippen LogP contribution is -2.41. The molecule has 0 amide bonds. The van der Waals surface area contributed by atoms with Crippen LogP contribution in [0.3, 0.4) is 0 Å². The number of nitrogens with zero attached hydrogens (tertiary/aromatic N) is 1. The third-order valence-corrected chi connectivity index (χ3v) is 9.89. The molecule has 1 rings (SSSR count). The molecule has 1 unspecified atom stereocenters. The Balaban J connectivity index is 3.05. The molecule has 1 fully saturated rings. The van der Waals surface area contributed by atoms with Crippen LogP contribution in [-0.4, -0.2) is 51.9 Å². The van der Waals surface area contributed by atoms with Gasteiger partial charge in [-0.1, -0.05) is 38.1 Å². The van der Waals surface area contributed by atoms with Gasteiger partial charge in [0.05, 0.1) is 15.0 Å². The summed E-state index contributed by atoms with van der Waals surface area (Å²) in [5.41, 5.74) is 0. The molecule has 0 aromatic carbocycles. The summed E-state index contributed by atoms with van der Waals surface area (Å²) >= 11 is 5.48. The van der Waals surface area contributed by atoms with Crippen LogP contribution >= 0.6 is 12.2 Å². The van der Waals surface area contributed by atoms with Crippen LogP contribution in [0.4, 0.5) is 0 Å². The molecule has 0 N–H and O–H groups in total. The fourth-order valence-corrected chi connectivity index (χ4v) is 6.60. The third-order valence-electron chi connectivity index (χ3n) is 4.48. The van der Waals surface area contributed by atoms with E-state index in [1.54, 1.807) is 25.7 Å². The molecule has 0 bridgehead atoms. The second-order valence-electron chi connectivity index (χ2n) is 7.67. The highest BCUT2D eigenvalue weighted by molar-refractivity contribution is 7.96. The van der Waals surface area contributed by atoms with Gasteiger partial charge in [-0.2, -0.15) is 0 Å². The molecule has 1 saturated carbocycles. The van der Waals surface area contributed by atoms with Crippen molar-refractivity contribution in [2.45, 2.75) is 74.5 Å². The molecule has 7 heteroatoms. The first kappa shape index (κ1) is 21.8. The van der Waals surface area contributed by atoms with Crippen molar-refractivity contribution in [2.75, 3.05) is 14.1 Å². The highest BCUT2D eigenvalue weighted by atomic mass is 32.2. The second-order valence-corrected chi connectivity index (χ2v) is 12.8. The van der Waals surface area contributed by atoms with Gasteiger partial charge in [-0.15, -0.1) is 0 Å². The molecule has 0 radical (unpaired) electrons. The number of hydrogen-bond acceptors (Lipinski definition) is 4. The van der Waals surface area contributed by atoms with E-state index in [1.165, 1.54) is 6.42 Å². The molecule has 0 aromatic heterocycles. The zero-order valence-corrected chi connectivity index (χ0v) is 18.0.